The van der Waals surface area contributed by atoms with E-state index in [1.165, 1.54) is 10.4 Å². The summed E-state index contributed by atoms with van der Waals surface area (Å²) >= 11 is 3.34. The monoisotopic (exact) mass is 364 g/mol. The van der Waals surface area contributed by atoms with Gasteiger partial charge in [-0.15, -0.1) is 0 Å². The molecule has 1 aromatic rings. The summed E-state index contributed by atoms with van der Waals surface area (Å²) in [4.78, 5) is 2.16. The van der Waals surface area contributed by atoms with Crippen LogP contribution in [0.2, 0.25) is 0 Å². The molecule has 0 aromatic heterocycles. The topological polar surface area (TPSA) is 60.9 Å². The summed E-state index contributed by atoms with van der Waals surface area (Å²) in [6.07, 6.45) is 0. The Labute approximate surface area is 129 Å². The lowest BCUT2D eigenvalue weighted by molar-refractivity contribution is 0.281. The highest BCUT2D eigenvalue weighted by atomic mass is 79.9. The van der Waals surface area contributed by atoms with Crippen LogP contribution in [0, 0.1) is 6.92 Å². The van der Waals surface area contributed by atoms with Crippen molar-refractivity contribution in [1.82, 2.24) is 9.21 Å². The molecule has 5 nitrogen and oxygen atoms in total. The highest BCUT2D eigenvalue weighted by Gasteiger charge is 2.24. The number of rotatable bonds is 6. The average molecular weight is 365 g/mol. The third-order valence-corrected chi connectivity index (χ3v) is 5.90. The van der Waals surface area contributed by atoms with Crippen molar-refractivity contribution in [2.45, 2.75) is 18.4 Å². The summed E-state index contributed by atoms with van der Waals surface area (Å²) in [5, 5.41) is 9.22. The van der Waals surface area contributed by atoms with Gasteiger partial charge < -0.3 is 10.0 Å². The van der Waals surface area contributed by atoms with Gasteiger partial charge in [0.2, 0.25) is 10.0 Å². The van der Waals surface area contributed by atoms with E-state index in [1.54, 1.807) is 20.0 Å². The first-order chi connectivity index (χ1) is 9.20. The Kier molecular flexibility index (Phi) is 6.15. The van der Waals surface area contributed by atoms with Crippen LogP contribution in [0.1, 0.15) is 11.1 Å². The van der Waals surface area contributed by atoms with Crippen LogP contribution in [-0.4, -0.2) is 57.0 Å². The molecular weight excluding hydrogens is 344 g/mol. The number of aliphatic hydroxyl groups excluding tert-OH is 1. The van der Waals surface area contributed by atoms with Gasteiger partial charge in [0, 0.05) is 24.6 Å². The number of hydrogen-bond acceptors (Lipinski definition) is 4. The third kappa shape index (κ3) is 4.02. The van der Waals surface area contributed by atoms with E-state index in [4.69, 9.17) is 0 Å². The van der Waals surface area contributed by atoms with Gasteiger partial charge in [-0.3, -0.25) is 0 Å². The van der Waals surface area contributed by atoms with Crippen LogP contribution in [0.15, 0.2) is 21.5 Å². The number of halogens is 1. The second-order valence-electron chi connectivity index (χ2n) is 4.99. The Morgan fingerprint density at radius 1 is 1.20 bits per heavy atom. The Morgan fingerprint density at radius 2 is 1.80 bits per heavy atom. The third-order valence-electron chi connectivity index (χ3n) is 3.09. The van der Waals surface area contributed by atoms with E-state index in [1.807, 2.05) is 19.0 Å². The van der Waals surface area contributed by atoms with Crippen LogP contribution in [0.4, 0.5) is 0 Å². The van der Waals surface area contributed by atoms with Crippen LogP contribution >= 0.6 is 15.9 Å². The summed E-state index contributed by atoms with van der Waals surface area (Å²) in [7, 11) is 1.81. The molecule has 0 amide bonds. The standard InChI is InChI=1S/C13H21BrN2O3S/c1-10-12(14)7-11(9-17)8-13(10)20(18,19)16(4)6-5-15(2)3/h7-8,17H,5-6,9H2,1-4H3. The Hall–Kier alpha value is -0.470. The Morgan fingerprint density at radius 3 is 2.30 bits per heavy atom. The summed E-state index contributed by atoms with van der Waals surface area (Å²) in [6, 6.07) is 3.26. The van der Waals surface area contributed by atoms with Crippen molar-refractivity contribution < 1.29 is 13.5 Å². The average Bonchev–Trinajstić information content (AvgIpc) is 2.38. The minimum atomic E-state index is -3.55. The maximum absolute atomic E-state index is 12.6. The molecule has 0 atom stereocenters. The van der Waals surface area contributed by atoms with E-state index in [-0.39, 0.29) is 11.5 Å². The van der Waals surface area contributed by atoms with Crippen molar-refractivity contribution in [2.75, 3.05) is 34.2 Å². The van der Waals surface area contributed by atoms with Crippen molar-refractivity contribution in [2.24, 2.45) is 0 Å². The molecule has 1 rings (SSSR count). The Balaban J connectivity index is 3.18. The van der Waals surface area contributed by atoms with Crippen LogP contribution in [0.25, 0.3) is 0 Å². The second-order valence-corrected chi connectivity index (χ2v) is 7.86. The quantitative estimate of drug-likeness (QED) is 0.829. The second kappa shape index (κ2) is 7.00. The number of aliphatic hydroxyl groups is 1. The van der Waals surface area contributed by atoms with E-state index in [2.05, 4.69) is 15.9 Å². The molecule has 7 heteroatoms. The lowest BCUT2D eigenvalue weighted by atomic mass is 10.2. The largest absolute Gasteiger partial charge is 0.392 e. The molecule has 0 saturated heterocycles. The molecule has 0 saturated carbocycles. The molecule has 1 aromatic carbocycles. The minimum Gasteiger partial charge on any atom is -0.392 e. The summed E-state index contributed by atoms with van der Waals surface area (Å²) in [5.74, 6) is 0. The van der Waals surface area contributed by atoms with Gasteiger partial charge in [-0.1, -0.05) is 15.9 Å². The van der Waals surface area contributed by atoms with E-state index in [0.717, 1.165) is 0 Å². The molecule has 0 aliphatic heterocycles. The molecule has 0 aliphatic carbocycles. The maximum Gasteiger partial charge on any atom is 0.243 e. The molecule has 0 heterocycles. The van der Waals surface area contributed by atoms with Crippen molar-refractivity contribution >= 4 is 26.0 Å². The highest BCUT2D eigenvalue weighted by molar-refractivity contribution is 9.10. The number of sulfonamides is 1. The molecule has 0 fully saturated rings. The number of benzene rings is 1. The fourth-order valence-corrected chi connectivity index (χ4v) is 3.79. The molecule has 114 valence electrons. The SMILES string of the molecule is Cc1c(Br)cc(CO)cc1S(=O)(=O)N(C)CCN(C)C. The lowest BCUT2D eigenvalue weighted by Crippen LogP contribution is -2.34. The predicted octanol–water partition coefficient (Wildman–Crippen LogP) is 1.43. The van der Waals surface area contributed by atoms with Crippen LogP contribution in [0.5, 0.6) is 0 Å². The molecule has 0 radical (unpaired) electrons. The first-order valence-electron chi connectivity index (χ1n) is 6.21. The number of nitrogens with zero attached hydrogens (tertiary/aromatic N) is 2. The zero-order valence-electron chi connectivity index (χ0n) is 12.2. The van der Waals surface area contributed by atoms with E-state index >= 15 is 0 Å². The zero-order chi connectivity index (χ0) is 15.5. The highest BCUT2D eigenvalue weighted by Crippen LogP contribution is 2.27. The van der Waals surface area contributed by atoms with Gasteiger partial charge in [-0.05, 0) is 44.3 Å². The van der Waals surface area contributed by atoms with Gasteiger partial charge in [-0.25, -0.2) is 8.42 Å². The van der Waals surface area contributed by atoms with Crippen LogP contribution < -0.4 is 0 Å². The van der Waals surface area contributed by atoms with Crippen LogP contribution in [-0.2, 0) is 16.6 Å². The van der Waals surface area contributed by atoms with E-state index in [0.29, 0.717) is 28.7 Å². The lowest BCUT2D eigenvalue weighted by Gasteiger charge is -2.21. The van der Waals surface area contributed by atoms with Gasteiger partial charge in [0.15, 0.2) is 0 Å². The zero-order valence-corrected chi connectivity index (χ0v) is 14.6. The minimum absolute atomic E-state index is 0.192. The molecule has 20 heavy (non-hydrogen) atoms. The summed E-state index contributed by atoms with van der Waals surface area (Å²) < 4.78 is 27.2. The molecule has 0 bridgehead atoms. The molecule has 1 N–H and O–H groups in total. The first kappa shape index (κ1) is 17.6. The molecule has 0 unspecified atom stereocenters. The smallest absolute Gasteiger partial charge is 0.243 e. The van der Waals surface area contributed by atoms with Crippen molar-refractivity contribution in [1.29, 1.82) is 0 Å². The van der Waals surface area contributed by atoms with Gasteiger partial charge in [0.05, 0.1) is 11.5 Å². The molecule has 0 spiro atoms. The van der Waals surface area contributed by atoms with Gasteiger partial charge in [0.25, 0.3) is 0 Å². The maximum atomic E-state index is 12.6. The van der Waals surface area contributed by atoms with Gasteiger partial charge >= 0.3 is 0 Å². The van der Waals surface area contributed by atoms with E-state index < -0.39 is 10.0 Å². The number of hydrogen-bond donors (Lipinski definition) is 1. The summed E-state index contributed by atoms with van der Waals surface area (Å²) in [5.41, 5.74) is 1.22. The fourth-order valence-electron chi connectivity index (χ4n) is 1.70. The fraction of sp³-hybridized carbons (Fsp3) is 0.538. The molecule has 0 aliphatic rings. The van der Waals surface area contributed by atoms with Crippen molar-refractivity contribution in [3.8, 4) is 0 Å². The van der Waals surface area contributed by atoms with Crippen molar-refractivity contribution in [3.63, 3.8) is 0 Å². The number of likely N-dealkylation sites (N-methyl/N-ethyl adjacent to an activating group) is 2. The van der Waals surface area contributed by atoms with Crippen LogP contribution in [0.3, 0.4) is 0 Å². The normalized spacial score (nSPS) is 12.4. The van der Waals surface area contributed by atoms with Gasteiger partial charge in [-0.2, -0.15) is 4.31 Å². The van der Waals surface area contributed by atoms with Gasteiger partial charge in [0.1, 0.15) is 0 Å². The summed E-state index contributed by atoms with van der Waals surface area (Å²) in [6.45, 7) is 2.62. The van der Waals surface area contributed by atoms with E-state index in [9.17, 15) is 13.5 Å². The Bertz CT molecular complexity index is 573. The molecular formula is C13H21BrN2O3S. The first-order valence-corrected chi connectivity index (χ1v) is 8.44. The van der Waals surface area contributed by atoms with Crippen molar-refractivity contribution in [3.05, 3.63) is 27.7 Å². The predicted molar refractivity (Wildman–Crippen MR) is 83.2 cm³/mol.